The third-order valence-corrected chi connectivity index (χ3v) is 6.62. The lowest BCUT2D eigenvalue weighted by Gasteiger charge is -2.35. The van der Waals surface area contributed by atoms with E-state index in [0.717, 1.165) is 30.4 Å². The van der Waals surface area contributed by atoms with Crippen molar-refractivity contribution in [3.05, 3.63) is 35.4 Å². The van der Waals surface area contributed by atoms with Crippen molar-refractivity contribution in [3.8, 4) is 0 Å². The maximum absolute atomic E-state index is 12.6. The smallest absolute Gasteiger partial charge is 0.212 e. The second-order valence-corrected chi connectivity index (χ2v) is 8.35. The van der Waals surface area contributed by atoms with Gasteiger partial charge in [0.25, 0.3) is 0 Å². The minimum absolute atomic E-state index is 0.0530. The Kier molecular flexibility index (Phi) is 5.69. The molecule has 1 saturated carbocycles. The average Bonchev–Trinajstić information content (AvgIpc) is 2.47. The number of hydrogen-bond donors (Lipinski definition) is 0. The van der Waals surface area contributed by atoms with Gasteiger partial charge in [0, 0.05) is 19.0 Å². The highest BCUT2D eigenvalue weighted by Gasteiger charge is 2.31. The van der Waals surface area contributed by atoms with Crippen LogP contribution >= 0.6 is 11.6 Å². The van der Waals surface area contributed by atoms with Crippen LogP contribution in [-0.4, -0.2) is 25.8 Å². The molecule has 2 rings (SSSR count). The minimum atomic E-state index is -3.28. The number of nitrogens with zero attached hydrogens (tertiary/aromatic N) is 1. The summed E-state index contributed by atoms with van der Waals surface area (Å²) in [7, 11) is -1.55. The van der Waals surface area contributed by atoms with Gasteiger partial charge in [0.1, 0.15) is 0 Å². The van der Waals surface area contributed by atoms with E-state index in [-0.39, 0.29) is 11.8 Å². The summed E-state index contributed by atoms with van der Waals surface area (Å²) in [5, 5.41) is 0. The molecule has 5 heteroatoms. The maximum Gasteiger partial charge on any atom is 0.218 e. The van der Waals surface area contributed by atoms with Gasteiger partial charge in [-0.1, -0.05) is 44.0 Å². The maximum atomic E-state index is 12.6. The third kappa shape index (κ3) is 4.21. The second-order valence-electron chi connectivity index (χ2n) is 6.06. The molecule has 0 spiro atoms. The fraction of sp³-hybridized carbons (Fsp3) is 0.625. The molecule has 0 heterocycles. The van der Waals surface area contributed by atoms with Crippen LogP contribution in [-0.2, 0) is 21.7 Å². The van der Waals surface area contributed by atoms with Crippen LogP contribution < -0.4 is 0 Å². The molecule has 0 aliphatic heterocycles. The normalized spacial score (nSPS) is 23.4. The predicted octanol–water partition coefficient (Wildman–Crippen LogP) is 3.77. The summed E-state index contributed by atoms with van der Waals surface area (Å²) in [5.41, 5.74) is 1.77. The van der Waals surface area contributed by atoms with E-state index in [1.807, 2.05) is 24.3 Å². The van der Waals surface area contributed by atoms with Crippen LogP contribution in [0.25, 0.3) is 0 Å². The van der Waals surface area contributed by atoms with E-state index < -0.39 is 10.0 Å². The van der Waals surface area contributed by atoms with E-state index in [2.05, 4.69) is 6.92 Å². The molecule has 0 amide bonds. The first-order valence-electron chi connectivity index (χ1n) is 7.53. The van der Waals surface area contributed by atoms with Gasteiger partial charge in [-0.2, -0.15) is 0 Å². The molecule has 1 aliphatic rings. The molecular formula is C16H24ClNO2S. The standard InChI is InChI=1S/C16H24ClNO2S/c1-13-6-3-4-9-16(13)18(2)21(19,20)12-15-8-5-7-14(10-15)11-17/h5,7-8,10,13,16H,3-4,6,9,11-12H2,1-2H3. The van der Waals surface area contributed by atoms with Crippen molar-refractivity contribution in [2.75, 3.05) is 7.05 Å². The first-order chi connectivity index (χ1) is 9.94. The average molecular weight is 330 g/mol. The number of benzene rings is 1. The topological polar surface area (TPSA) is 37.4 Å². The van der Waals surface area contributed by atoms with Gasteiger partial charge in [-0.15, -0.1) is 11.6 Å². The summed E-state index contributed by atoms with van der Waals surface area (Å²) in [6.45, 7) is 2.16. The first-order valence-corrected chi connectivity index (χ1v) is 9.68. The van der Waals surface area contributed by atoms with Gasteiger partial charge in [-0.25, -0.2) is 12.7 Å². The van der Waals surface area contributed by atoms with E-state index in [9.17, 15) is 8.42 Å². The zero-order valence-corrected chi connectivity index (χ0v) is 14.3. The SMILES string of the molecule is CC1CCCCC1N(C)S(=O)(=O)Cc1cccc(CCl)c1. The Labute approximate surface area is 133 Å². The van der Waals surface area contributed by atoms with Crippen LogP contribution in [0.4, 0.5) is 0 Å². The summed E-state index contributed by atoms with van der Waals surface area (Å²) in [6, 6.07) is 7.65. The summed E-state index contributed by atoms with van der Waals surface area (Å²) >= 11 is 5.81. The molecule has 118 valence electrons. The first kappa shape index (κ1) is 16.8. The highest BCUT2D eigenvalue weighted by molar-refractivity contribution is 7.88. The molecule has 3 nitrogen and oxygen atoms in total. The van der Waals surface area contributed by atoms with E-state index in [0.29, 0.717) is 11.8 Å². The third-order valence-electron chi connectivity index (χ3n) is 4.47. The van der Waals surface area contributed by atoms with Crippen LogP contribution in [0.3, 0.4) is 0 Å². The Morgan fingerprint density at radius 1 is 1.24 bits per heavy atom. The molecule has 0 radical (unpaired) electrons. The summed E-state index contributed by atoms with van der Waals surface area (Å²) < 4.78 is 26.9. The highest BCUT2D eigenvalue weighted by Crippen LogP contribution is 2.29. The Morgan fingerprint density at radius 3 is 2.57 bits per heavy atom. The van der Waals surface area contributed by atoms with Gasteiger partial charge < -0.3 is 0 Å². The second kappa shape index (κ2) is 7.12. The number of alkyl halides is 1. The molecule has 0 aromatic heterocycles. The van der Waals surface area contributed by atoms with Crippen LogP contribution in [0.1, 0.15) is 43.7 Å². The van der Waals surface area contributed by atoms with Gasteiger partial charge in [0.2, 0.25) is 10.0 Å². The molecule has 1 fully saturated rings. The van der Waals surface area contributed by atoms with Gasteiger partial charge >= 0.3 is 0 Å². The minimum Gasteiger partial charge on any atom is -0.212 e. The Hall–Kier alpha value is -0.580. The Balaban J connectivity index is 2.13. The van der Waals surface area contributed by atoms with Crippen LogP contribution in [0, 0.1) is 5.92 Å². The Bertz CT molecular complexity index is 573. The largest absolute Gasteiger partial charge is 0.218 e. The van der Waals surface area contributed by atoms with Crippen molar-refractivity contribution in [2.45, 2.75) is 50.3 Å². The zero-order chi connectivity index (χ0) is 15.5. The van der Waals surface area contributed by atoms with Crippen molar-refractivity contribution in [1.29, 1.82) is 0 Å². The Morgan fingerprint density at radius 2 is 1.90 bits per heavy atom. The molecule has 2 unspecified atom stereocenters. The lowest BCUT2D eigenvalue weighted by atomic mass is 9.86. The van der Waals surface area contributed by atoms with Crippen molar-refractivity contribution in [3.63, 3.8) is 0 Å². The number of rotatable bonds is 5. The van der Waals surface area contributed by atoms with Crippen LogP contribution in [0.15, 0.2) is 24.3 Å². The van der Waals surface area contributed by atoms with Crippen molar-refractivity contribution in [2.24, 2.45) is 5.92 Å². The van der Waals surface area contributed by atoms with E-state index in [1.54, 1.807) is 11.4 Å². The molecule has 21 heavy (non-hydrogen) atoms. The molecule has 0 saturated heterocycles. The number of sulfonamides is 1. The quantitative estimate of drug-likeness (QED) is 0.771. The lowest BCUT2D eigenvalue weighted by molar-refractivity contribution is 0.213. The monoisotopic (exact) mass is 329 g/mol. The molecule has 1 aromatic carbocycles. The fourth-order valence-electron chi connectivity index (χ4n) is 3.16. The molecule has 2 atom stereocenters. The van der Waals surface area contributed by atoms with Crippen molar-refractivity contribution in [1.82, 2.24) is 4.31 Å². The van der Waals surface area contributed by atoms with E-state index >= 15 is 0 Å². The number of hydrogen-bond acceptors (Lipinski definition) is 2. The van der Waals surface area contributed by atoms with E-state index in [1.165, 1.54) is 6.42 Å². The predicted molar refractivity (Wildman–Crippen MR) is 87.8 cm³/mol. The number of halogens is 1. The zero-order valence-electron chi connectivity index (χ0n) is 12.8. The van der Waals surface area contributed by atoms with E-state index in [4.69, 9.17) is 11.6 Å². The molecule has 0 bridgehead atoms. The van der Waals surface area contributed by atoms with Crippen LogP contribution in [0.2, 0.25) is 0 Å². The van der Waals surface area contributed by atoms with Gasteiger partial charge in [-0.05, 0) is 29.9 Å². The van der Waals surface area contributed by atoms with Crippen molar-refractivity contribution >= 4 is 21.6 Å². The molecule has 1 aliphatic carbocycles. The highest BCUT2D eigenvalue weighted by atomic mass is 35.5. The molecule has 0 N–H and O–H groups in total. The van der Waals surface area contributed by atoms with Crippen molar-refractivity contribution < 1.29 is 8.42 Å². The molecular weight excluding hydrogens is 306 g/mol. The molecule has 1 aromatic rings. The summed E-state index contributed by atoms with van der Waals surface area (Å²) in [6.07, 6.45) is 4.42. The fourth-order valence-corrected chi connectivity index (χ4v) is 4.85. The summed E-state index contributed by atoms with van der Waals surface area (Å²) in [5.74, 6) is 0.897. The van der Waals surface area contributed by atoms with Gasteiger partial charge in [0.15, 0.2) is 0 Å². The van der Waals surface area contributed by atoms with Gasteiger partial charge in [-0.3, -0.25) is 0 Å². The lowest BCUT2D eigenvalue weighted by Crippen LogP contribution is -2.43. The summed E-state index contributed by atoms with van der Waals surface area (Å²) in [4.78, 5) is 0. The van der Waals surface area contributed by atoms with Gasteiger partial charge in [0.05, 0.1) is 5.75 Å². The van der Waals surface area contributed by atoms with Crippen LogP contribution in [0.5, 0.6) is 0 Å².